The molecule has 0 saturated heterocycles. The number of anilines is 6. The molecule has 2 saturated carbocycles. The average molecular weight is 909 g/mol. The molecule has 0 unspecified atom stereocenters. The molecule has 0 amide bonds. The van der Waals surface area contributed by atoms with Gasteiger partial charge >= 0.3 is 0 Å². The van der Waals surface area contributed by atoms with Gasteiger partial charge in [-0.15, -0.1) is 0 Å². The zero-order chi connectivity index (χ0) is 46.5. The molecule has 0 N–H and O–H groups in total. The molecule has 0 spiro atoms. The van der Waals surface area contributed by atoms with Crippen molar-refractivity contribution < 1.29 is 8.83 Å². The van der Waals surface area contributed by atoms with Crippen LogP contribution in [0.2, 0.25) is 0 Å². The number of aryl methyl sites for hydroxylation is 2. The molecule has 10 aromatic carbocycles. The van der Waals surface area contributed by atoms with Crippen molar-refractivity contribution >= 4 is 110 Å². The summed E-state index contributed by atoms with van der Waals surface area (Å²) < 4.78 is 14.4. The summed E-state index contributed by atoms with van der Waals surface area (Å²) in [6, 6.07) is 63.9. The fourth-order valence-electron chi connectivity index (χ4n) is 12.9. The molecule has 2 fully saturated rings. The standard InChI is InChI=1S/C66H56N2O2/c1-3-41-25-33-47(34-26-41)67(59-23-11-21-53-51-19-9-17-49(43-13-5-6-14-43)63(51)69-65(53)59)57-39-31-45-30-38-56-58(40-32-46-29-37-55(57)61(45)62(46)56)68(48-35-27-42(4-2)28-36-48)60-24-12-22-54-52-20-10-18-50(44-15-7-8-16-44)64(52)70-66(54)60/h9-12,17-40,43-44H,3-8,13-16H2,1-2H3. The lowest BCUT2D eigenvalue weighted by molar-refractivity contribution is 0.643. The van der Waals surface area contributed by atoms with Gasteiger partial charge in [-0.1, -0.05) is 161 Å². The Morgan fingerprint density at radius 2 is 0.729 bits per heavy atom. The second-order valence-electron chi connectivity index (χ2n) is 20.2. The number of hydrogen-bond donors (Lipinski definition) is 0. The van der Waals surface area contributed by atoms with Crippen LogP contribution in [0, 0.1) is 0 Å². The molecule has 14 rings (SSSR count). The molecular formula is C66H56N2O2. The Balaban J connectivity index is 0.999. The third-order valence-corrected chi connectivity index (χ3v) is 16.4. The molecule has 0 atom stereocenters. The molecule has 2 heterocycles. The van der Waals surface area contributed by atoms with Crippen LogP contribution in [0.4, 0.5) is 34.1 Å². The Morgan fingerprint density at radius 3 is 1.13 bits per heavy atom. The Morgan fingerprint density at radius 1 is 0.357 bits per heavy atom. The van der Waals surface area contributed by atoms with Crippen LogP contribution in [0.15, 0.2) is 179 Å². The van der Waals surface area contributed by atoms with E-state index >= 15 is 0 Å². The van der Waals surface area contributed by atoms with Crippen molar-refractivity contribution in [1.82, 2.24) is 0 Å². The molecule has 342 valence electrons. The maximum atomic E-state index is 7.19. The highest BCUT2D eigenvalue weighted by atomic mass is 16.3. The minimum absolute atomic E-state index is 0.542. The first kappa shape index (κ1) is 41.4. The predicted molar refractivity (Wildman–Crippen MR) is 295 cm³/mol. The topological polar surface area (TPSA) is 32.8 Å². The van der Waals surface area contributed by atoms with Gasteiger partial charge in [-0.25, -0.2) is 0 Å². The maximum Gasteiger partial charge on any atom is 0.159 e. The second kappa shape index (κ2) is 16.6. The van der Waals surface area contributed by atoms with E-state index < -0.39 is 0 Å². The van der Waals surface area contributed by atoms with Gasteiger partial charge in [0, 0.05) is 43.7 Å². The molecular weight excluding hydrogens is 853 g/mol. The SMILES string of the molecule is CCc1ccc(N(c2ccc3ccc4c(N(c5ccc(CC)cc5)c5cccc6c5oc5c(C7CCCC7)cccc56)ccc5ccc2c3c54)c2cccc3c2oc2c(C4CCCC4)cccc23)cc1. The summed E-state index contributed by atoms with van der Waals surface area (Å²) >= 11 is 0. The molecule has 4 heteroatoms. The van der Waals surface area contributed by atoms with E-state index in [2.05, 4.69) is 194 Å². The molecule has 0 bridgehead atoms. The van der Waals surface area contributed by atoms with Crippen molar-refractivity contribution in [2.24, 2.45) is 0 Å². The van der Waals surface area contributed by atoms with Gasteiger partial charge in [0.15, 0.2) is 11.2 Å². The van der Waals surface area contributed by atoms with Crippen LogP contribution in [-0.4, -0.2) is 0 Å². The van der Waals surface area contributed by atoms with Crippen LogP contribution in [0.5, 0.6) is 0 Å². The van der Waals surface area contributed by atoms with Crippen molar-refractivity contribution in [1.29, 1.82) is 0 Å². The Labute approximate surface area is 409 Å². The van der Waals surface area contributed by atoms with Crippen molar-refractivity contribution in [2.75, 3.05) is 9.80 Å². The fourth-order valence-corrected chi connectivity index (χ4v) is 12.9. The third kappa shape index (κ3) is 6.42. The predicted octanol–water partition coefficient (Wildman–Crippen LogP) is 19.8. The minimum Gasteiger partial charge on any atom is -0.454 e. The zero-order valence-electron chi connectivity index (χ0n) is 40.1. The van der Waals surface area contributed by atoms with Crippen molar-refractivity contribution in [2.45, 2.75) is 89.9 Å². The first-order chi connectivity index (χ1) is 34.6. The van der Waals surface area contributed by atoms with Crippen LogP contribution in [0.1, 0.15) is 99.3 Å². The molecule has 2 aliphatic rings. The van der Waals surface area contributed by atoms with Gasteiger partial charge in [0.1, 0.15) is 11.2 Å². The lowest BCUT2D eigenvalue weighted by Gasteiger charge is -2.29. The van der Waals surface area contributed by atoms with E-state index in [1.165, 1.54) is 117 Å². The van der Waals surface area contributed by atoms with E-state index in [0.717, 1.165) is 80.1 Å². The number of para-hydroxylation sites is 4. The summed E-state index contributed by atoms with van der Waals surface area (Å²) in [4.78, 5) is 4.91. The van der Waals surface area contributed by atoms with Gasteiger partial charge in [-0.2, -0.15) is 0 Å². The van der Waals surface area contributed by atoms with E-state index in [4.69, 9.17) is 8.83 Å². The van der Waals surface area contributed by atoms with Gasteiger partial charge in [0.2, 0.25) is 0 Å². The summed E-state index contributed by atoms with van der Waals surface area (Å²) in [5.41, 5.74) is 15.8. The third-order valence-electron chi connectivity index (χ3n) is 16.4. The monoisotopic (exact) mass is 908 g/mol. The summed E-state index contributed by atoms with van der Waals surface area (Å²) in [7, 11) is 0. The van der Waals surface area contributed by atoms with Gasteiger partial charge in [0.25, 0.3) is 0 Å². The summed E-state index contributed by atoms with van der Waals surface area (Å²) in [6.07, 6.45) is 12.0. The van der Waals surface area contributed by atoms with Gasteiger partial charge < -0.3 is 18.6 Å². The number of benzene rings is 10. The number of rotatable bonds is 10. The smallest absolute Gasteiger partial charge is 0.159 e. The zero-order valence-corrected chi connectivity index (χ0v) is 40.1. The van der Waals surface area contributed by atoms with Crippen molar-refractivity contribution in [3.63, 3.8) is 0 Å². The van der Waals surface area contributed by atoms with Gasteiger partial charge in [0.05, 0.1) is 22.7 Å². The van der Waals surface area contributed by atoms with Crippen LogP contribution < -0.4 is 9.80 Å². The summed E-state index contributed by atoms with van der Waals surface area (Å²) in [5.74, 6) is 1.08. The molecule has 0 aliphatic heterocycles. The van der Waals surface area contributed by atoms with Crippen LogP contribution >= 0.6 is 0 Å². The van der Waals surface area contributed by atoms with Crippen LogP contribution in [-0.2, 0) is 12.8 Å². The Hall–Kier alpha value is -7.56. The number of fused-ring (bicyclic) bond motifs is 6. The number of nitrogens with zero attached hydrogens (tertiary/aromatic N) is 2. The van der Waals surface area contributed by atoms with E-state index in [1.54, 1.807) is 0 Å². The quantitative estimate of drug-likeness (QED) is 0.128. The highest BCUT2D eigenvalue weighted by molar-refractivity contribution is 6.29. The van der Waals surface area contributed by atoms with E-state index in [1.807, 2.05) is 0 Å². The first-order valence-electron chi connectivity index (χ1n) is 26.0. The number of hydrogen-bond acceptors (Lipinski definition) is 4. The summed E-state index contributed by atoms with van der Waals surface area (Å²) in [5, 5.41) is 12.1. The minimum atomic E-state index is 0.542. The highest BCUT2D eigenvalue weighted by Gasteiger charge is 2.28. The molecule has 4 nitrogen and oxygen atoms in total. The molecule has 12 aromatic rings. The molecule has 70 heavy (non-hydrogen) atoms. The van der Waals surface area contributed by atoms with Gasteiger partial charge in [-0.3, -0.25) is 0 Å². The largest absolute Gasteiger partial charge is 0.454 e. The van der Waals surface area contributed by atoms with Crippen LogP contribution in [0.25, 0.3) is 76.2 Å². The normalized spacial score (nSPS) is 14.8. The molecule has 2 aliphatic carbocycles. The van der Waals surface area contributed by atoms with Gasteiger partial charge in [-0.05, 0) is 143 Å². The molecule has 2 aromatic heterocycles. The van der Waals surface area contributed by atoms with Crippen LogP contribution in [0.3, 0.4) is 0 Å². The van der Waals surface area contributed by atoms with Crippen molar-refractivity contribution in [3.05, 3.63) is 192 Å². The number of furan rings is 2. The lowest BCUT2D eigenvalue weighted by atomic mass is 9.91. The molecule has 0 radical (unpaired) electrons. The lowest BCUT2D eigenvalue weighted by Crippen LogP contribution is -2.12. The average Bonchev–Trinajstić information content (AvgIpc) is 4.27. The maximum absolute atomic E-state index is 7.19. The van der Waals surface area contributed by atoms with Crippen molar-refractivity contribution in [3.8, 4) is 0 Å². The fraction of sp³-hybridized carbons (Fsp3) is 0.212. The van der Waals surface area contributed by atoms with E-state index in [9.17, 15) is 0 Å². The summed E-state index contributed by atoms with van der Waals surface area (Å²) in [6.45, 7) is 4.45. The second-order valence-corrected chi connectivity index (χ2v) is 20.2. The first-order valence-corrected chi connectivity index (χ1v) is 26.0. The Kier molecular flexibility index (Phi) is 9.79. The van der Waals surface area contributed by atoms with E-state index in [0.29, 0.717) is 11.8 Å². The highest BCUT2D eigenvalue weighted by Crippen LogP contribution is 2.52. The van der Waals surface area contributed by atoms with E-state index in [-0.39, 0.29) is 0 Å². The Bertz CT molecular complexity index is 3680.